The number of esters is 1. The molecule has 1 aromatic heterocycles. The van der Waals surface area contributed by atoms with E-state index < -0.39 is 28.9 Å². The van der Waals surface area contributed by atoms with Crippen molar-refractivity contribution in [3.05, 3.63) is 63.0 Å². The number of carboxylic acid groups (broad SMARTS) is 1. The zero-order chi connectivity index (χ0) is 30.5. The van der Waals surface area contributed by atoms with Crippen LogP contribution in [-0.2, 0) is 14.3 Å². The Labute approximate surface area is 253 Å². The van der Waals surface area contributed by atoms with Crippen LogP contribution in [0, 0.1) is 18.2 Å². The van der Waals surface area contributed by atoms with E-state index in [4.69, 9.17) is 9.73 Å². The minimum absolute atomic E-state index is 0.128. The molecule has 11 nitrogen and oxygen atoms in total. The molecule has 1 saturated carbocycles. The van der Waals surface area contributed by atoms with Crippen LogP contribution in [0.4, 0.5) is 9.18 Å². The molecule has 3 aliphatic heterocycles. The fourth-order valence-electron chi connectivity index (χ4n) is 6.47. The van der Waals surface area contributed by atoms with Crippen molar-refractivity contribution >= 4 is 35.1 Å². The van der Waals surface area contributed by atoms with Gasteiger partial charge in [0.25, 0.3) is 0 Å². The number of fused-ring (bicyclic) bond motifs is 1. The molecule has 228 valence electrons. The molecule has 0 radical (unpaired) electrons. The molecule has 0 spiro atoms. The van der Waals surface area contributed by atoms with Crippen LogP contribution in [-0.4, -0.2) is 100 Å². The standard InChI is InChI=1S/C30H35FN6O5S/c1-4-42-26(38)22-21(33-24(25-32-10-13-43-25)34-23(22)19-6-5-7-20(31)18(19)2)14-35-11-12-37-28(41)36(16-29(37,3)15-35)17-30(8-9-30)27(39)40/h5-7,10,13,23H,4,8-9,11-12,14-17H2,1-3H3,(H,33,34)(H,39,40). The van der Waals surface area contributed by atoms with Gasteiger partial charge < -0.3 is 25.0 Å². The third-order valence-electron chi connectivity index (χ3n) is 8.93. The SMILES string of the molecule is CCOC(=O)C1=C(CN2CCN3C(=O)N(CC4(C(=O)O)CC4)CC3(C)C2)NC(c2nccs2)=NC1c1cccc(F)c1C. The summed E-state index contributed by atoms with van der Waals surface area (Å²) in [5.41, 5.74) is 0.503. The molecular weight excluding hydrogens is 575 g/mol. The molecule has 0 bridgehead atoms. The van der Waals surface area contributed by atoms with Crippen LogP contribution in [0.3, 0.4) is 0 Å². The number of thiazole rings is 1. The van der Waals surface area contributed by atoms with Gasteiger partial charge in [0, 0.05) is 56.5 Å². The van der Waals surface area contributed by atoms with Gasteiger partial charge in [0.05, 0.1) is 23.1 Å². The number of carbonyl (C=O) groups is 3. The number of amidine groups is 1. The monoisotopic (exact) mass is 610 g/mol. The summed E-state index contributed by atoms with van der Waals surface area (Å²) in [5, 5.41) is 15.5. The first kappa shape index (κ1) is 29.2. The number of benzene rings is 1. The fraction of sp³-hybridized carbons (Fsp3) is 0.500. The number of nitrogens with zero attached hydrogens (tertiary/aromatic N) is 5. The Hall–Kier alpha value is -3.84. The van der Waals surface area contributed by atoms with E-state index in [-0.39, 0.29) is 25.0 Å². The van der Waals surface area contributed by atoms with Crippen molar-refractivity contribution in [3.8, 4) is 0 Å². The van der Waals surface area contributed by atoms with Gasteiger partial charge in [-0.3, -0.25) is 14.7 Å². The van der Waals surface area contributed by atoms with Crippen molar-refractivity contribution in [3.63, 3.8) is 0 Å². The predicted octanol–water partition coefficient (Wildman–Crippen LogP) is 3.18. The van der Waals surface area contributed by atoms with Gasteiger partial charge in [0.15, 0.2) is 10.8 Å². The van der Waals surface area contributed by atoms with E-state index in [1.807, 2.05) is 17.2 Å². The summed E-state index contributed by atoms with van der Waals surface area (Å²) in [6, 6.07) is 3.83. The zero-order valence-corrected chi connectivity index (χ0v) is 25.2. The maximum atomic E-state index is 14.7. The average Bonchev–Trinajstić information content (AvgIpc) is 3.45. The van der Waals surface area contributed by atoms with Crippen LogP contribution in [0.5, 0.6) is 0 Å². The molecule has 2 atom stereocenters. The highest BCUT2D eigenvalue weighted by molar-refractivity contribution is 7.11. The van der Waals surface area contributed by atoms with Gasteiger partial charge >= 0.3 is 18.0 Å². The number of carbonyl (C=O) groups excluding carboxylic acids is 2. The fourth-order valence-corrected chi connectivity index (χ4v) is 7.06. The Morgan fingerprint density at radius 2 is 2.05 bits per heavy atom. The summed E-state index contributed by atoms with van der Waals surface area (Å²) < 4.78 is 20.2. The van der Waals surface area contributed by atoms with E-state index in [0.717, 1.165) is 0 Å². The van der Waals surface area contributed by atoms with Crippen LogP contribution < -0.4 is 5.32 Å². The molecule has 6 rings (SSSR count). The molecule has 4 aliphatic rings. The maximum Gasteiger partial charge on any atom is 0.338 e. The molecule has 2 aromatic rings. The van der Waals surface area contributed by atoms with Crippen LogP contribution in [0.2, 0.25) is 0 Å². The van der Waals surface area contributed by atoms with Crippen molar-refractivity contribution in [2.45, 2.75) is 45.2 Å². The molecule has 1 aromatic carbocycles. The third-order valence-corrected chi connectivity index (χ3v) is 9.71. The van der Waals surface area contributed by atoms with E-state index in [1.54, 1.807) is 37.1 Å². The molecule has 4 heterocycles. The lowest BCUT2D eigenvalue weighted by atomic mass is 9.91. The number of rotatable bonds is 9. The van der Waals surface area contributed by atoms with Gasteiger partial charge in [-0.25, -0.2) is 19.0 Å². The Balaban J connectivity index is 1.32. The molecule has 2 amide bonds. The van der Waals surface area contributed by atoms with Gasteiger partial charge in [-0.15, -0.1) is 11.3 Å². The van der Waals surface area contributed by atoms with Gasteiger partial charge in [-0.05, 0) is 50.8 Å². The maximum absolute atomic E-state index is 14.7. The Morgan fingerprint density at radius 3 is 2.72 bits per heavy atom. The van der Waals surface area contributed by atoms with E-state index in [2.05, 4.69) is 15.2 Å². The van der Waals surface area contributed by atoms with E-state index in [9.17, 15) is 23.9 Å². The molecule has 13 heteroatoms. The number of urea groups is 1. The second-order valence-corrected chi connectivity index (χ2v) is 12.9. The first-order chi connectivity index (χ1) is 20.5. The van der Waals surface area contributed by atoms with Gasteiger partial charge in [-0.2, -0.15) is 0 Å². The van der Waals surface area contributed by atoms with E-state index >= 15 is 0 Å². The number of hydrogen-bond acceptors (Lipinski definition) is 9. The predicted molar refractivity (Wildman–Crippen MR) is 157 cm³/mol. The van der Waals surface area contributed by atoms with Gasteiger partial charge in [-0.1, -0.05) is 12.1 Å². The van der Waals surface area contributed by atoms with Gasteiger partial charge in [0.1, 0.15) is 11.9 Å². The van der Waals surface area contributed by atoms with Crippen LogP contribution in [0.1, 0.15) is 48.9 Å². The minimum atomic E-state index is -0.848. The first-order valence-electron chi connectivity index (χ1n) is 14.5. The topological polar surface area (TPSA) is 128 Å². The molecule has 2 N–H and O–H groups in total. The smallest absolute Gasteiger partial charge is 0.338 e. The lowest BCUT2D eigenvalue weighted by molar-refractivity contribution is -0.144. The summed E-state index contributed by atoms with van der Waals surface area (Å²) in [7, 11) is 0. The highest BCUT2D eigenvalue weighted by Gasteiger charge is 2.56. The number of carboxylic acids is 1. The lowest BCUT2D eigenvalue weighted by Crippen LogP contribution is -2.60. The quantitative estimate of drug-likeness (QED) is 0.415. The number of aliphatic imine (C=N–C) groups is 1. The van der Waals surface area contributed by atoms with Crippen molar-refractivity contribution < 1.29 is 28.6 Å². The molecule has 2 unspecified atom stereocenters. The minimum Gasteiger partial charge on any atom is -0.481 e. The van der Waals surface area contributed by atoms with Crippen LogP contribution in [0.25, 0.3) is 0 Å². The van der Waals surface area contributed by atoms with Crippen LogP contribution in [0.15, 0.2) is 46.0 Å². The average molecular weight is 611 g/mol. The molecule has 43 heavy (non-hydrogen) atoms. The largest absolute Gasteiger partial charge is 0.481 e. The van der Waals surface area contributed by atoms with Gasteiger partial charge in [0.2, 0.25) is 0 Å². The number of halogens is 1. The lowest BCUT2D eigenvalue weighted by Gasteiger charge is -2.44. The molecule has 1 aliphatic carbocycles. The van der Waals surface area contributed by atoms with Crippen molar-refractivity contribution in [1.29, 1.82) is 0 Å². The summed E-state index contributed by atoms with van der Waals surface area (Å²) in [5.74, 6) is -1.28. The Morgan fingerprint density at radius 1 is 1.26 bits per heavy atom. The van der Waals surface area contributed by atoms with Crippen molar-refractivity contribution in [1.82, 2.24) is 25.0 Å². The number of nitrogens with one attached hydrogen (secondary N) is 1. The Bertz CT molecular complexity index is 1520. The summed E-state index contributed by atoms with van der Waals surface area (Å²) in [6.07, 6.45) is 2.84. The second kappa shape index (κ2) is 11.0. The number of piperazine rings is 1. The third kappa shape index (κ3) is 5.29. The number of ether oxygens (including phenoxy) is 1. The van der Waals surface area contributed by atoms with E-state index in [0.29, 0.717) is 78.8 Å². The normalized spacial score (nSPS) is 24.9. The van der Waals surface area contributed by atoms with Crippen LogP contribution >= 0.6 is 11.3 Å². The first-order valence-corrected chi connectivity index (χ1v) is 15.4. The molecule has 3 fully saturated rings. The molecule has 2 saturated heterocycles. The summed E-state index contributed by atoms with van der Waals surface area (Å²) >= 11 is 1.40. The number of hydrogen-bond donors (Lipinski definition) is 2. The highest BCUT2D eigenvalue weighted by Crippen LogP contribution is 2.48. The highest BCUT2D eigenvalue weighted by atomic mass is 32.1. The zero-order valence-electron chi connectivity index (χ0n) is 24.4. The number of aliphatic carboxylic acids is 1. The number of amides is 2. The molecular formula is C30H35FN6O5S. The summed E-state index contributed by atoms with van der Waals surface area (Å²) in [6.45, 7) is 8.10. The second-order valence-electron chi connectivity index (χ2n) is 12.0. The van der Waals surface area contributed by atoms with E-state index in [1.165, 1.54) is 17.4 Å². The van der Waals surface area contributed by atoms with Crippen molar-refractivity contribution in [2.75, 3.05) is 45.9 Å². The Kier molecular flexibility index (Phi) is 7.49. The number of aromatic nitrogens is 1. The summed E-state index contributed by atoms with van der Waals surface area (Å²) in [4.78, 5) is 53.7. The van der Waals surface area contributed by atoms with Crippen molar-refractivity contribution in [2.24, 2.45) is 10.4 Å².